The van der Waals surface area contributed by atoms with Crippen LogP contribution in [0.3, 0.4) is 0 Å². The fraction of sp³-hybridized carbons (Fsp3) is 0.667. The van der Waals surface area contributed by atoms with Gasteiger partial charge in [-0.05, 0) is 12.5 Å². The summed E-state index contributed by atoms with van der Waals surface area (Å²) in [7, 11) is 3.81. The van der Waals surface area contributed by atoms with Crippen LogP contribution in [-0.4, -0.2) is 25.6 Å². The van der Waals surface area contributed by atoms with E-state index in [1.807, 2.05) is 19.0 Å². The van der Waals surface area contributed by atoms with Gasteiger partial charge in [-0.25, -0.2) is 4.98 Å². The molecule has 1 rings (SSSR count). The first-order valence-electron chi connectivity index (χ1n) is 4.45. The van der Waals surface area contributed by atoms with Crippen molar-refractivity contribution in [1.29, 1.82) is 0 Å². The molecule has 0 fully saturated rings. The van der Waals surface area contributed by atoms with Crippen molar-refractivity contribution in [3.8, 4) is 0 Å². The Morgan fingerprint density at radius 1 is 1.62 bits per heavy atom. The van der Waals surface area contributed by atoms with Gasteiger partial charge in [0.15, 0.2) is 0 Å². The van der Waals surface area contributed by atoms with Gasteiger partial charge in [0, 0.05) is 20.5 Å². The second-order valence-electron chi connectivity index (χ2n) is 3.55. The summed E-state index contributed by atoms with van der Waals surface area (Å²) in [4.78, 5) is 5.97. The molecule has 0 radical (unpaired) electrons. The summed E-state index contributed by atoms with van der Waals surface area (Å²) >= 11 is 0. The van der Waals surface area contributed by atoms with E-state index < -0.39 is 0 Å². The van der Waals surface area contributed by atoms with Gasteiger partial charge < -0.3 is 15.1 Å². The Kier molecular flexibility index (Phi) is 3.31. The zero-order valence-corrected chi connectivity index (χ0v) is 8.45. The van der Waals surface area contributed by atoms with Gasteiger partial charge in [0.2, 0.25) is 0 Å². The fourth-order valence-corrected chi connectivity index (χ4v) is 1.03. The van der Waals surface area contributed by atoms with Crippen LogP contribution in [-0.2, 0) is 6.42 Å². The Morgan fingerprint density at radius 3 is 2.77 bits per heavy atom. The maximum atomic E-state index is 5.51. The molecule has 0 aliphatic rings. The van der Waals surface area contributed by atoms with Crippen LogP contribution in [0.4, 0.5) is 6.01 Å². The first-order chi connectivity index (χ1) is 6.13. The molecule has 0 aliphatic carbocycles. The molecule has 0 bridgehead atoms. The van der Waals surface area contributed by atoms with E-state index in [0.717, 1.165) is 12.2 Å². The van der Waals surface area contributed by atoms with E-state index in [4.69, 9.17) is 10.2 Å². The van der Waals surface area contributed by atoms with Crippen molar-refractivity contribution in [3.05, 3.63) is 12.0 Å². The molecule has 0 saturated carbocycles. The van der Waals surface area contributed by atoms with Gasteiger partial charge in [-0.15, -0.1) is 0 Å². The maximum Gasteiger partial charge on any atom is 0.296 e. The average Bonchev–Trinajstić information content (AvgIpc) is 2.52. The third-order valence-electron chi connectivity index (χ3n) is 1.88. The van der Waals surface area contributed by atoms with E-state index in [0.29, 0.717) is 18.5 Å². The highest BCUT2D eigenvalue weighted by Gasteiger charge is 2.08. The molecule has 2 N–H and O–H groups in total. The standard InChI is InChI=1S/C9H17N3O/c1-7(5-10)4-8-6-11-9(13-8)12(2)3/h6-7H,4-5,10H2,1-3H3. The van der Waals surface area contributed by atoms with Crippen LogP contribution in [0.15, 0.2) is 10.6 Å². The number of nitrogens with two attached hydrogens (primary N) is 1. The summed E-state index contributed by atoms with van der Waals surface area (Å²) in [6.07, 6.45) is 2.62. The Labute approximate surface area is 78.7 Å². The fourth-order valence-electron chi connectivity index (χ4n) is 1.03. The molecule has 13 heavy (non-hydrogen) atoms. The van der Waals surface area contributed by atoms with E-state index in [1.165, 1.54) is 0 Å². The molecule has 0 spiro atoms. The highest BCUT2D eigenvalue weighted by atomic mass is 16.4. The number of rotatable bonds is 4. The van der Waals surface area contributed by atoms with Gasteiger partial charge in [-0.2, -0.15) is 0 Å². The Hall–Kier alpha value is -1.03. The van der Waals surface area contributed by atoms with Crippen molar-refractivity contribution in [1.82, 2.24) is 4.98 Å². The van der Waals surface area contributed by atoms with Crippen molar-refractivity contribution in [2.75, 3.05) is 25.5 Å². The SMILES string of the molecule is CC(CN)Cc1cnc(N(C)C)o1. The Balaban J connectivity index is 2.58. The molecular formula is C9H17N3O. The molecule has 0 saturated heterocycles. The van der Waals surface area contributed by atoms with Crippen LogP contribution in [0, 0.1) is 5.92 Å². The molecule has 4 heteroatoms. The summed E-state index contributed by atoms with van der Waals surface area (Å²) in [5.74, 6) is 1.35. The van der Waals surface area contributed by atoms with Gasteiger partial charge in [0.1, 0.15) is 5.76 Å². The summed E-state index contributed by atoms with van der Waals surface area (Å²) in [6, 6.07) is 0.652. The summed E-state index contributed by atoms with van der Waals surface area (Å²) in [6.45, 7) is 2.77. The topological polar surface area (TPSA) is 55.3 Å². The van der Waals surface area contributed by atoms with Crippen LogP contribution in [0.1, 0.15) is 12.7 Å². The molecule has 0 aromatic carbocycles. The van der Waals surface area contributed by atoms with E-state index in [9.17, 15) is 0 Å². The van der Waals surface area contributed by atoms with Gasteiger partial charge in [-0.3, -0.25) is 0 Å². The third-order valence-corrected chi connectivity index (χ3v) is 1.88. The Bertz CT molecular complexity index is 257. The van der Waals surface area contributed by atoms with Crippen molar-refractivity contribution >= 4 is 6.01 Å². The van der Waals surface area contributed by atoms with Gasteiger partial charge in [0.25, 0.3) is 6.01 Å². The normalized spacial score (nSPS) is 12.9. The second kappa shape index (κ2) is 4.28. The molecule has 1 unspecified atom stereocenters. The molecular weight excluding hydrogens is 166 g/mol. The summed E-state index contributed by atoms with van der Waals surface area (Å²) in [5, 5.41) is 0. The minimum absolute atomic E-state index is 0.447. The van der Waals surface area contributed by atoms with E-state index in [1.54, 1.807) is 6.20 Å². The lowest BCUT2D eigenvalue weighted by Crippen LogP contribution is -2.12. The first-order valence-corrected chi connectivity index (χ1v) is 4.45. The van der Waals surface area contributed by atoms with Crippen LogP contribution in [0.5, 0.6) is 0 Å². The molecule has 1 heterocycles. The van der Waals surface area contributed by atoms with Crippen LogP contribution in [0.2, 0.25) is 0 Å². The van der Waals surface area contributed by atoms with Crippen LogP contribution in [0.25, 0.3) is 0 Å². The summed E-state index contributed by atoms with van der Waals surface area (Å²) in [5.41, 5.74) is 5.51. The molecule has 1 atom stereocenters. The predicted octanol–water partition coefficient (Wildman–Crippen LogP) is 0.878. The van der Waals surface area contributed by atoms with Crippen molar-refractivity contribution in [3.63, 3.8) is 0 Å². The minimum Gasteiger partial charge on any atom is -0.429 e. The number of nitrogens with zero attached hydrogens (tertiary/aromatic N) is 2. The highest BCUT2D eigenvalue weighted by Crippen LogP contribution is 2.14. The van der Waals surface area contributed by atoms with Gasteiger partial charge >= 0.3 is 0 Å². The van der Waals surface area contributed by atoms with Crippen molar-refractivity contribution < 1.29 is 4.42 Å². The Morgan fingerprint density at radius 2 is 2.31 bits per heavy atom. The second-order valence-corrected chi connectivity index (χ2v) is 3.55. The van der Waals surface area contributed by atoms with Gasteiger partial charge in [-0.1, -0.05) is 6.92 Å². The molecule has 1 aromatic heterocycles. The lowest BCUT2D eigenvalue weighted by molar-refractivity contribution is 0.460. The third kappa shape index (κ3) is 2.73. The molecule has 0 amide bonds. The highest BCUT2D eigenvalue weighted by molar-refractivity contribution is 5.22. The van der Waals surface area contributed by atoms with E-state index in [-0.39, 0.29) is 0 Å². The lowest BCUT2D eigenvalue weighted by Gasteiger charge is -2.06. The smallest absolute Gasteiger partial charge is 0.296 e. The molecule has 1 aromatic rings. The zero-order valence-electron chi connectivity index (χ0n) is 8.45. The minimum atomic E-state index is 0.447. The number of hydrogen-bond acceptors (Lipinski definition) is 4. The van der Waals surface area contributed by atoms with Crippen molar-refractivity contribution in [2.45, 2.75) is 13.3 Å². The molecule has 74 valence electrons. The van der Waals surface area contributed by atoms with Gasteiger partial charge in [0.05, 0.1) is 6.20 Å². The van der Waals surface area contributed by atoms with E-state index in [2.05, 4.69) is 11.9 Å². The number of oxazole rings is 1. The predicted molar refractivity (Wildman–Crippen MR) is 52.8 cm³/mol. The van der Waals surface area contributed by atoms with E-state index >= 15 is 0 Å². The number of aromatic nitrogens is 1. The molecule has 0 aliphatic heterocycles. The van der Waals surface area contributed by atoms with Crippen LogP contribution < -0.4 is 10.6 Å². The van der Waals surface area contributed by atoms with Crippen molar-refractivity contribution in [2.24, 2.45) is 11.7 Å². The maximum absolute atomic E-state index is 5.51. The average molecular weight is 183 g/mol. The summed E-state index contributed by atoms with van der Waals surface area (Å²) < 4.78 is 5.48. The van der Waals surface area contributed by atoms with Crippen LogP contribution >= 0.6 is 0 Å². The lowest BCUT2D eigenvalue weighted by atomic mass is 10.1. The molecule has 4 nitrogen and oxygen atoms in total. The first kappa shape index (κ1) is 10.1. The quantitative estimate of drug-likeness (QED) is 0.752. The number of hydrogen-bond donors (Lipinski definition) is 1. The monoisotopic (exact) mass is 183 g/mol. The largest absolute Gasteiger partial charge is 0.429 e. The zero-order chi connectivity index (χ0) is 9.84. The number of anilines is 1.